The molecule has 17 heavy (non-hydrogen) atoms. The smallest absolute Gasteiger partial charge is 0.399 e. The molecule has 3 N–H and O–H groups in total. The van der Waals surface area contributed by atoms with Gasteiger partial charge in [-0.1, -0.05) is 6.07 Å². The van der Waals surface area contributed by atoms with Crippen LogP contribution in [0.5, 0.6) is 0 Å². The molecule has 2 rings (SSSR count). The van der Waals surface area contributed by atoms with Crippen LogP contribution in [0.1, 0.15) is 23.5 Å². The lowest BCUT2D eigenvalue weighted by molar-refractivity contribution is -0.138. The Morgan fingerprint density at radius 2 is 2.06 bits per heavy atom. The first-order valence-electron chi connectivity index (χ1n) is 5.11. The molecule has 1 aromatic carbocycles. The molecule has 92 valence electrons. The Morgan fingerprint density at radius 3 is 2.59 bits per heavy atom. The van der Waals surface area contributed by atoms with Crippen LogP contribution < -0.4 is 11.1 Å². The second kappa shape index (κ2) is 3.94. The minimum absolute atomic E-state index is 0.0679. The van der Waals surface area contributed by atoms with Crippen molar-refractivity contribution in [3.05, 3.63) is 29.3 Å². The first-order valence-corrected chi connectivity index (χ1v) is 5.11. The van der Waals surface area contributed by atoms with Crippen molar-refractivity contribution in [3.8, 4) is 0 Å². The highest BCUT2D eigenvalue weighted by atomic mass is 19.4. The Labute approximate surface area is 95.8 Å². The molecule has 0 aromatic heterocycles. The van der Waals surface area contributed by atoms with Crippen molar-refractivity contribution < 1.29 is 18.0 Å². The maximum Gasteiger partial charge on any atom is 0.416 e. The van der Waals surface area contributed by atoms with E-state index >= 15 is 0 Å². The number of rotatable bonds is 1. The number of nitrogens with one attached hydrogen (secondary N) is 1. The number of nitrogen functional groups attached to an aromatic ring is 1. The maximum atomic E-state index is 12.8. The minimum atomic E-state index is -4.45. The summed E-state index contributed by atoms with van der Waals surface area (Å²) in [7, 11) is 0. The van der Waals surface area contributed by atoms with Gasteiger partial charge in [-0.3, -0.25) is 4.79 Å². The van der Waals surface area contributed by atoms with Gasteiger partial charge in [0.1, 0.15) is 0 Å². The molecule has 1 amide bonds. The summed E-state index contributed by atoms with van der Waals surface area (Å²) in [5.74, 6) is -0.653. The fraction of sp³-hybridized carbons (Fsp3) is 0.364. The topological polar surface area (TPSA) is 55.1 Å². The molecule has 3 nitrogen and oxygen atoms in total. The van der Waals surface area contributed by atoms with Crippen LogP contribution in [0.4, 0.5) is 18.9 Å². The zero-order chi connectivity index (χ0) is 12.6. The lowest BCUT2D eigenvalue weighted by Gasteiger charge is -2.17. The van der Waals surface area contributed by atoms with Gasteiger partial charge in [-0.15, -0.1) is 0 Å². The highest BCUT2D eigenvalue weighted by Gasteiger charge is 2.37. The van der Waals surface area contributed by atoms with Crippen molar-refractivity contribution in [1.29, 1.82) is 0 Å². The van der Waals surface area contributed by atoms with E-state index in [-0.39, 0.29) is 30.1 Å². The van der Waals surface area contributed by atoms with E-state index in [4.69, 9.17) is 5.73 Å². The molecule has 0 spiro atoms. The lowest BCUT2D eigenvalue weighted by Crippen LogP contribution is -2.15. The van der Waals surface area contributed by atoms with Gasteiger partial charge in [0.05, 0.1) is 5.56 Å². The largest absolute Gasteiger partial charge is 0.416 e. The molecule has 1 heterocycles. The van der Waals surface area contributed by atoms with Gasteiger partial charge in [0.15, 0.2) is 0 Å². The second-order valence-corrected chi connectivity index (χ2v) is 4.05. The van der Waals surface area contributed by atoms with E-state index in [0.717, 1.165) is 6.07 Å². The number of amides is 1. The predicted molar refractivity (Wildman–Crippen MR) is 56.2 cm³/mol. The fourth-order valence-corrected chi connectivity index (χ4v) is 2.00. The van der Waals surface area contributed by atoms with Gasteiger partial charge in [0.2, 0.25) is 5.91 Å². The van der Waals surface area contributed by atoms with Crippen LogP contribution in [0.2, 0.25) is 0 Å². The standard InChI is InChI=1S/C11H11F3N2O/c12-11(13,14)9-4-7(15)1-2-8(9)6-3-10(17)16-5-6/h1-2,4,6H,3,5,15H2,(H,16,17). The monoisotopic (exact) mass is 244 g/mol. The first kappa shape index (κ1) is 11.8. The Hall–Kier alpha value is -1.72. The number of nitrogens with two attached hydrogens (primary N) is 1. The van der Waals surface area contributed by atoms with Crippen LogP contribution in [0, 0.1) is 0 Å². The van der Waals surface area contributed by atoms with Crippen molar-refractivity contribution in [1.82, 2.24) is 5.32 Å². The van der Waals surface area contributed by atoms with E-state index < -0.39 is 17.7 Å². The molecule has 1 aliphatic heterocycles. The van der Waals surface area contributed by atoms with Crippen LogP contribution in [-0.2, 0) is 11.0 Å². The highest BCUT2D eigenvalue weighted by Crippen LogP contribution is 2.38. The Morgan fingerprint density at radius 1 is 1.35 bits per heavy atom. The molecule has 1 aliphatic rings. The fourth-order valence-electron chi connectivity index (χ4n) is 2.00. The van der Waals surface area contributed by atoms with Crippen molar-refractivity contribution in [2.45, 2.75) is 18.5 Å². The number of halogens is 3. The molecular formula is C11H11F3N2O. The summed E-state index contributed by atoms with van der Waals surface area (Å²) in [6, 6.07) is 3.69. The van der Waals surface area contributed by atoms with E-state index in [1.807, 2.05) is 0 Å². The molecule has 6 heteroatoms. The average molecular weight is 244 g/mol. The van der Waals surface area contributed by atoms with Gasteiger partial charge in [0, 0.05) is 24.6 Å². The number of hydrogen-bond donors (Lipinski definition) is 2. The van der Waals surface area contributed by atoms with Crippen LogP contribution in [0.25, 0.3) is 0 Å². The summed E-state index contributed by atoms with van der Waals surface area (Å²) in [4.78, 5) is 11.0. The number of hydrogen-bond acceptors (Lipinski definition) is 2. The number of carbonyl (C=O) groups is 1. The van der Waals surface area contributed by atoms with Crippen molar-refractivity contribution >= 4 is 11.6 Å². The molecule has 0 saturated carbocycles. The zero-order valence-electron chi connectivity index (χ0n) is 8.84. The van der Waals surface area contributed by atoms with E-state index in [9.17, 15) is 18.0 Å². The van der Waals surface area contributed by atoms with Gasteiger partial charge in [0.25, 0.3) is 0 Å². The van der Waals surface area contributed by atoms with E-state index in [1.54, 1.807) is 0 Å². The third-order valence-electron chi connectivity index (χ3n) is 2.80. The predicted octanol–water partition coefficient (Wildman–Crippen LogP) is 1.89. The molecule has 0 aliphatic carbocycles. The molecule has 1 atom stereocenters. The van der Waals surface area contributed by atoms with Crippen LogP contribution in [0.15, 0.2) is 18.2 Å². The summed E-state index contributed by atoms with van der Waals surface area (Å²) in [5, 5.41) is 2.52. The summed E-state index contributed by atoms with van der Waals surface area (Å²) < 4.78 is 38.5. The normalized spacial score (nSPS) is 20.4. The molecule has 1 fully saturated rings. The Kier molecular flexibility index (Phi) is 2.73. The molecule has 1 unspecified atom stereocenters. The SMILES string of the molecule is Nc1ccc(C2CNC(=O)C2)c(C(F)(F)F)c1. The second-order valence-electron chi connectivity index (χ2n) is 4.05. The molecule has 1 aromatic rings. The lowest BCUT2D eigenvalue weighted by atomic mass is 9.92. The highest BCUT2D eigenvalue weighted by molar-refractivity contribution is 5.79. The minimum Gasteiger partial charge on any atom is -0.399 e. The van der Waals surface area contributed by atoms with E-state index in [2.05, 4.69) is 5.32 Å². The Bertz CT molecular complexity index is 457. The summed E-state index contributed by atoms with van der Waals surface area (Å²) >= 11 is 0. The van der Waals surface area contributed by atoms with Crippen LogP contribution in [0.3, 0.4) is 0 Å². The van der Waals surface area contributed by atoms with Crippen molar-refractivity contribution in [3.63, 3.8) is 0 Å². The third kappa shape index (κ3) is 2.35. The average Bonchev–Trinajstić information content (AvgIpc) is 2.63. The number of anilines is 1. The van der Waals surface area contributed by atoms with Gasteiger partial charge < -0.3 is 11.1 Å². The van der Waals surface area contributed by atoms with Crippen LogP contribution >= 0.6 is 0 Å². The van der Waals surface area contributed by atoms with Gasteiger partial charge in [-0.25, -0.2) is 0 Å². The summed E-state index contributed by atoms with van der Waals surface area (Å²) in [6.45, 7) is 0.242. The maximum absolute atomic E-state index is 12.8. The van der Waals surface area contributed by atoms with Gasteiger partial charge in [-0.05, 0) is 17.7 Å². The third-order valence-corrected chi connectivity index (χ3v) is 2.80. The summed E-state index contributed by atoms with van der Waals surface area (Å²) in [6.07, 6.45) is -4.36. The molecule has 1 saturated heterocycles. The van der Waals surface area contributed by atoms with Crippen molar-refractivity contribution in [2.75, 3.05) is 12.3 Å². The first-order chi connectivity index (χ1) is 7.88. The van der Waals surface area contributed by atoms with E-state index in [1.165, 1.54) is 12.1 Å². The number of benzene rings is 1. The summed E-state index contributed by atoms with van der Waals surface area (Å²) in [5.41, 5.74) is 4.81. The Balaban J connectivity index is 2.43. The quantitative estimate of drug-likeness (QED) is 0.741. The zero-order valence-corrected chi connectivity index (χ0v) is 8.84. The molecule has 0 bridgehead atoms. The number of carbonyl (C=O) groups excluding carboxylic acids is 1. The van der Waals surface area contributed by atoms with Crippen LogP contribution in [-0.4, -0.2) is 12.5 Å². The number of alkyl halides is 3. The molecular weight excluding hydrogens is 233 g/mol. The van der Waals surface area contributed by atoms with E-state index in [0.29, 0.717) is 0 Å². The van der Waals surface area contributed by atoms with Crippen molar-refractivity contribution in [2.24, 2.45) is 0 Å². The van der Waals surface area contributed by atoms with Gasteiger partial charge in [-0.2, -0.15) is 13.2 Å². The molecule has 0 radical (unpaired) electrons. The van der Waals surface area contributed by atoms with Gasteiger partial charge >= 0.3 is 6.18 Å².